The molecule has 0 radical (unpaired) electrons. The van der Waals surface area contributed by atoms with Crippen LogP contribution in [-0.4, -0.2) is 56.4 Å². The molecule has 0 bridgehead atoms. The summed E-state index contributed by atoms with van der Waals surface area (Å²) in [6.07, 6.45) is 2.57. The Morgan fingerprint density at radius 2 is 1.32 bits per heavy atom. The van der Waals surface area contributed by atoms with Crippen molar-refractivity contribution < 1.29 is 19.1 Å². The third-order valence-corrected chi connectivity index (χ3v) is 5.14. The lowest BCUT2D eigenvalue weighted by Gasteiger charge is -2.22. The van der Waals surface area contributed by atoms with E-state index in [-0.39, 0.29) is 19.3 Å². The Balaban J connectivity index is 1.70. The summed E-state index contributed by atoms with van der Waals surface area (Å²) in [4.78, 5) is 26.3. The van der Waals surface area contributed by atoms with Crippen LogP contribution in [0.1, 0.15) is 36.8 Å². The molecule has 0 aliphatic heterocycles. The Bertz CT molecular complexity index is 805. The van der Waals surface area contributed by atoms with E-state index in [1.54, 1.807) is 4.90 Å². The molecule has 0 atom stereocenters. The summed E-state index contributed by atoms with van der Waals surface area (Å²) in [5.74, 6) is 0. The molecule has 0 fully saturated rings. The normalized spacial score (nSPS) is 10.5. The highest BCUT2D eigenvalue weighted by Gasteiger charge is 2.15. The van der Waals surface area contributed by atoms with Gasteiger partial charge in [0.05, 0.1) is 0 Å². The molecule has 0 heterocycles. The molecular weight excluding hydrogens is 432 g/mol. The molecule has 34 heavy (non-hydrogen) atoms. The number of carbonyl (C=O) groups is 2. The fraction of sp³-hybridized carbons (Fsp3) is 0.462. The lowest BCUT2D eigenvalue weighted by Crippen LogP contribution is -2.36. The molecule has 2 aromatic carbocycles. The van der Waals surface area contributed by atoms with Crippen LogP contribution < -0.4 is 16.4 Å². The molecule has 8 heteroatoms. The van der Waals surface area contributed by atoms with Gasteiger partial charge in [-0.05, 0) is 56.4 Å². The first-order valence-electron chi connectivity index (χ1n) is 12.0. The fourth-order valence-electron chi connectivity index (χ4n) is 3.24. The van der Waals surface area contributed by atoms with Crippen molar-refractivity contribution in [2.24, 2.45) is 5.73 Å². The van der Waals surface area contributed by atoms with E-state index in [0.717, 1.165) is 43.5 Å². The van der Waals surface area contributed by atoms with Gasteiger partial charge in [-0.15, -0.1) is 0 Å². The summed E-state index contributed by atoms with van der Waals surface area (Å²) in [6.45, 7) is 4.45. The molecule has 0 saturated heterocycles. The molecular formula is C26H38N4O4. The highest BCUT2D eigenvalue weighted by atomic mass is 16.6. The summed E-state index contributed by atoms with van der Waals surface area (Å²) in [6, 6.07) is 19.1. The number of amides is 2. The van der Waals surface area contributed by atoms with Crippen molar-refractivity contribution in [3.63, 3.8) is 0 Å². The summed E-state index contributed by atoms with van der Waals surface area (Å²) in [5, 5.41) is 6.09. The molecule has 0 aromatic heterocycles. The number of benzene rings is 2. The van der Waals surface area contributed by atoms with Crippen LogP contribution in [0.3, 0.4) is 0 Å². The van der Waals surface area contributed by atoms with E-state index in [1.165, 1.54) is 0 Å². The molecule has 8 nitrogen and oxygen atoms in total. The number of hydrogen-bond donors (Lipinski definition) is 3. The smallest absolute Gasteiger partial charge is 0.410 e. The Morgan fingerprint density at radius 3 is 1.97 bits per heavy atom. The van der Waals surface area contributed by atoms with Gasteiger partial charge in [-0.1, -0.05) is 60.7 Å². The Labute approximate surface area is 202 Å². The number of alkyl carbamates (subject to hydrolysis) is 1. The van der Waals surface area contributed by atoms with Crippen LogP contribution in [-0.2, 0) is 22.7 Å². The average Bonchev–Trinajstić information content (AvgIpc) is 2.88. The zero-order valence-electron chi connectivity index (χ0n) is 19.9. The summed E-state index contributed by atoms with van der Waals surface area (Å²) >= 11 is 0. The quantitative estimate of drug-likeness (QED) is 0.323. The number of hydrogen-bond acceptors (Lipinski definition) is 6. The van der Waals surface area contributed by atoms with Gasteiger partial charge in [0.2, 0.25) is 0 Å². The van der Waals surface area contributed by atoms with Crippen molar-refractivity contribution in [3.05, 3.63) is 71.8 Å². The van der Waals surface area contributed by atoms with Gasteiger partial charge >= 0.3 is 12.2 Å². The maximum absolute atomic E-state index is 12.7. The monoisotopic (exact) mass is 470 g/mol. The van der Waals surface area contributed by atoms with Gasteiger partial charge in [0.1, 0.15) is 13.2 Å². The maximum atomic E-state index is 12.7. The number of nitrogens with one attached hydrogen (secondary N) is 2. The molecule has 4 N–H and O–H groups in total. The lowest BCUT2D eigenvalue weighted by molar-refractivity contribution is 0.0949. The van der Waals surface area contributed by atoms with Crippen LogP contribution in [0.2, 0.25) is 0 Å². The lowest BCUT2D eigenvalue weighted by atomic mass is 10.2. The Hall–Kier alpha value is -3.10. The minimum Gasteiger partial charge on any atom is -0.445 e. The molecule has 2 rings (SSSR count). The molecule has 0 saturated carbocycles. The summed E-state index contributed by atoms with van der Waals surface area (Å²) in [5.41, 5.74) is 7.38. The van der Waals surface area contributed by atoms with Gasteiger partial charge in [0, 0.05) is 19.6 Å². The van der Waals surface area contributed by atoms with E-state index in [9.17, 15) is 9.59 Å². The Kier molecular flexibility index (Phi) is 13.9. The second-order valence-electron chi connectivity index (χ2n) is 7.97. The van der Waals surface area contributed by atoms with Crippen molar-refractivity contribution in [2.75, 3.05) is 39.3 Å². The van der Waals surface area contributed by atoms with Crippen LogP contribution in [0, 0.1) is 0 Å². The SMILES string of the molecule is NCCCNCCCCN(CCCNC(=O)OCc1ccccc1)C(=O)OCc1ccccc1. The Morgan fingerprint density at radius 1 is 0.735 bits per heavy atom. The number of ether oxygens (including phenoxy) is 2. The summed E-state index contributed by atoms with van der Waals surface area (Å²) < 4.78 is 10.7. The minimum absolute atomic E-state index is 0.226. The first-order chi connectivity index (χ1) is 16.7. The van der Waals surface area contributed by atoms with Gasteiger partial charge in [-0.2, -0.15) is 0 Å². The van der Waals surface area contributed by atoms with E-state index in [0.29, 0.717) is 32.6 Å². The number of carbonyl (C=O) groups excluding carboxylic acids is 2. The second kappa shape index (κ2) is 17.4. The predicted molar refractivity (Wildman–Crippen MR) is 133 cm³/mol. The molecule has 2 amide bonds. The van der Waals surface area contributed by atoms with Gasteiger partial charge in [-0.3, -0.25) is 0 Å². The minimum atomic E-state index is -0.467. The topological polar surface area (TPSA) is 106 Å². The van der Waals surface area contributed by atoms with E-state index >= 15 is 0 Å². The highest BCUT2D eigenvalue weighted by molar-refractivity contribution is 5.68. The van der Waals surface area contributed by atoms with E-state index in [4.69, 9.17) is 15.2 Å². The van der Waals surface area contributed by atoms with Gasteiger partial charge in [-0.25, -0.2) is 9.59 Å². The summed E-state index contributed by atoms with van der Waals surface area (Å²) in [7, 11) is 0. The van der Waals surface area contributed by atoms with Crippen molar-refractivity contribution in [3.8, 4) is 0 Å². The van der Waals surface area contributed by atoms with Crippen LogP contribution in [0.4, 0.5) is 9.59 Å². The largest absolute Gasteiger partial charge is 0.445 e. The average molecular weight is 471 g/mol. The molecule has 0 aliphatic rings. The van der Waals surface area contributed by atoms with Crippen LogP contribution >= 0.6 is 0 Å². The number of nitrogens with zero attached hydrogens (tertiary/aromatic N) is 1. The van der Waals surface area contributed by atoms with Crippen LogP contribution in [0.25, 0.3) is 0 Å². The first-order valence-corrected chi connectivity index (χ1v) is 12.0. The highest BCUT2D eigenvalue weighted by Crippen LogP contribution is 2.06. The molecule has 2 aromatic rings. The standard InChI is InChI=1S/C26H38N4O4/c27-15-9-17-28-16-7-8-19-30(26(32)34-22-24-13-5-2-6-14-24)20-10-18-29-25(31)33-21-23-11-3-1-4-12-23/h1-6,11-14,28H,7-10,15-22,27H2,(H,29,31). The van der Waals surface area contributed by atoms with Gasteiger partial charge in [0.15, 0.2) is 0 Å². The molecule has 0 aliphatic carbocycles. The first kappa shape index (κ1) is 27.1. The van der Waals surface area contributed by atoms with E-state index in [1.807, 2.05) is 60.7 Å². The maximum Gasteiger partial charge on any atom is 0.410 e. The van der Waals surface area contributed by atoms with Crippen molar-refractivity contribution >= 4 is 12.2 Å². The van der Waals surface area contributed by atoms with E-state index in [2.05, 4.69) is 10.6 Å². The molecule has 0 spiro atoms. The second-order valence-corrected chi connectivity index (χ2v) is 7.97. The molecule has 186 valence electrons. The predicted octanol–water partition coefficient (Wildman–Crippen LogP) is 3.66. The van der Waals surface area contributed by atoms with E-state index < -0.39 is 6.09 Å². The van der Waals surface area contributed by atoms with Gasteiger partial charge in [0.25, 0.3) is 0 Å². The zero-order valence-corrected chi connectivity index (χ0v) is 19.9. The van der Waals surface area contributed by atoms with Crippen LogP contribution in [0.15, 0.2) is 60.7 Å². The van der Waals surface area contributed by atoms with Crippen LogP contribution in [0.5, 0.6) is 0 Å². The van der Waals surface area contributed by atoms with Gasteiger partial charge < -0.3 is 30.7 Å². The van der Waals surface area contributed by atoms with Crippen molar-refractivity contribution in [1.29, 1.82) is 0 Å². The number of unbranched alkanes of at least 4 members (excludes halogenated alkanes) is 1. The third-order valence-electron chi connectivity index (χ3n) is 5.14. The fourth-order valence-corrected chi connectivity index (χ4v) is 3.24. The zero-order chi connectivity index (χ0) is 24.3. The number of nitrogens with two attached hydrogens (primary N) is 1. The third kappa shape index (κ3) is 12.2. The van der Waals surface area contributed by atoms with Crippen molar-refractivity contribution in [1.82, 2.24) is 15.5 Å². The van der Waals surface area contributed by atoms with Crippen molar-refractivity contribution in [2.45, 2.75) is 38.9 Å². The number of rotatable bonds is 16. The molecule has 0 unspecified atom stereocenters.